The highest BCUT2D eigenvalue weighted by Gasteiger charge is 2.54. The highest BCUT2D eigenvalue weighted by molar-refractivity contribution is 5.95. The largest absolute Gasteiger partial charge is 0.586 e. The van der Waals surface area contributed by atoms with Gasteiger partial charge in [0.25, 0.3) is 5.91 Å². The van der Waals surface area contributed by atoms with Gasteiger partial charge >= 0.3 is 12.3 Å². The molecule has 2 aliphatic rings. The van der Waals surface area contributed by atoms with Gasteiger partial charge in [-0.15, -0.1) is 15.2 Å². The van der Waals surface area contributed by atoms with E-state index in [0.29, 0.717) is 74.8 Å². The lowest BCUT2D eigenvalue weighted by Crippen LogP contribution is -2.27. The van der Waals surface area contributed by atoms with E-state index < -0.39 is 17.7 Å². The number of halogens is 2. The number of alkyl halides is 2. The predicted molar refractivity (Wildman–Crippen MR) is 157 cm³/mol. The van der Waals surface area contributed by atoms with Gasteiger partial charge in [-0.3, -0.25) is 9.59 Å². The van der Waals surface area contributed by atoms with Gasteiger partial charge in [-0.05, 0) is 55.2 Å². The number of rotatable bonds is 15. The molecule has 0 atom stereocenters. The molecule has 3 aromatic rings. The molecule has 45 heavy (non-hydrogen) atoms. The summed E-state index contributed by atoms with van der Waals surface area (Å²) in [6.45, 7) is 4.35. The molecule has 1 N–H and O–H groups in total. The van der Waals surface area contributed by atoms with Crippen LogP contribution < -0.4 is 19.5 Å². The van der Waals surface area contributed by atoms with Crippen molar-refractivity contribution in [2.45, 2.75) is 31.5 Å². The maximum Gasteiger partial charge on any atom is 0.586 e. The Hall–Kier alpha value is -4.57. The summed E-state index contributed by atoms with van der Waals surface area (Å²) in [5, 5.41) is 2.82. The molecule has 0 spiro atoms. The first-order chi connectivity index (χ1) is 21.7. The molecule has 0 unspecified atom stereocenters. The quantitative estimate of drug-likeness (QED) is 0.149. The van der Waals surface area contributed by atoms with Gasteiger partial charge in [0, 0.05) is 23.7 Å². The molecule has 2 heterocycles. The smallest absolute Gasteiger partial charge is 0.407 e. The Bertz CT molecular complexity index is 1590. The number of carbonyl (C=O) groups is 2. The zero-order valence-electron chi connectivity index (χ0n) is 24.6. The van der Waals surface area contributed by atoms with E-state index in [0.717, 1.165) is 5.56 Å². The second-order valence-electron chi connectivity index (χ2n) is 10.4. The van der Waals surface area contributed by atoms with E-state index in [-0.39, 0.29) is 29.9 Å². The van der Waals surface area contributed by atoms with Crippen LogP contribution in [0.1, 0.15) is 34.3 Å². The molecule has 1 amide bonds. The minimum absolute atomic E-state index is 0.0789. The maximum absolute atomic E-state index is 13.5. The van der Waals surface area contributed by atoms with Gasteiger partial charge < -0.3 is 33.7 Å². The number of nitrogens with zero attached hydrogens (tertiary/aromatic N) is 1. The van der Waals surface area contributed by atoms with E-state index in [1.165, 1.54) is 12.1 Å². The second-order valence-corrected chi connectivity index (χ2v) is 10.4. The fraction of sp³-hybridized carbons (Fsp3) is 0.364. The van der Waals surface area contributed by atoms with Crippen molar-refractivity contribution in [1.29, 1.82) is 0 Å². The summed E-state index contributed by atoms with van der Waals surface area (Å²) in [5.74, 6) is 1.40. The summed E-state index contributed by atoms with van der Waals surface area (Å²) < 4.78 is 57.6. The van der Waals surface area contributed by atoms with Crippen molar-refractivity contribution in [2.75, 3.05) is 46.2 Å². The van der Waals surface area contributed by atoms with Crippen LogP contribution in [0.15, 0.2) is 54.6 Å². The number of benzene rings is 2. The predicted octanol–water partition coefficient (Wildman–Crippen LogP) is 4.43. The van der Waals surface area contributed by atoms with Gasteiger partial charge in [0.05, 0.1) is 44.1 Å². The van der Waals surface area contributed by atoms with Crippen LogP contribution in [-0.4, -0.2) is 69.3 Å². The molecule has 0 radical (unpaired) electrons. The van der Waals surface area contributed by atoms with Crippen LogP contribution in [0.25, 0.3) is 11.3 Å². The molecular weight excluding hydrogens is 590 g/mol. The third kappa shape index (κ3) is 7.94. The van der Waals surface area contributed by atoms with Crippen LogP contribution >= 0.6 is 0 Å². The number of terminal acetylenes is 1. The van der Waals surface area contributed by atoms with E-state index in [4.69, 9.17) is 25.4 Å². The highest BCUT2D eigenvalue weighted by Crippen LogP contribution is 2.52. The Labute approximate surface area is 258 Å². The standard InChI is InChI=1S/C33H32F2N2O8/c1-3-14-40-16-18-42-19-17-41-15-13-36-30(38)24-6-4-5-23(20-24)29-22(2)7-10-28(37-29)43-31(39)32(11-12-32)25-8-9-26-27(21-25)45-33(34,35)44-26/h1,4-10,20-21H,11-19H2,2H3,(H,36,38). The van der Waals surface area contributed by atoms with Crippen molar-refractivity contribution in [3.8, 4) is 41.0 Å². The van der Waals surface area contributed by atoms with Crippen LogP contribution in [-0.2, 0) is 24.4 Å². The van der Waals surface area contributed by atoms with Crippen molar-refractivity contribution < 1.29 is 46.8 Å². The first-order valence-corrected chi connectivity index (χ1v) is 14.4. The first-order valence-electron chi connectivity index (χ1n) is 14.4. The number of amides is 1. The molecule has 0 saturated heterocycles. The zero-order valence-corrected chi connectivity index (χ0v) is 24.6. The average Bonchev–Trinajstić information content (AvgIpc) is 3.77. The first kappa shape index (κ1) is 31.8. The van der Waals surface area contributed by atoms with Crippen molar-refractivity contribution in [3.05, 3.63) is 71.3 Å². The van der Waals surface area contributed by atoms with Gasteiger partial charge in [0.1, 0.15) is 6.61 Å². The van der Waals surface area contributed by atoms with Crippen molar-refractivity contribution in [3.63, 3.8) is 0 Å². The maximum atomic E-state index is 13.5. The SMILES string of the molecule is C#CCOCCOCCOCCNC(=O)c1cccc(-c2nc(OC(=O)C3(c4ccc5c(c4)OC(F)(F)O5)CC3)ccc2C)c1. The van der Waals surface area contributed by atoms with Crippen molar-refractivity contribution in [1.82, 2.24) is 10.3 Å². The van der Waals surface area contributed by atoms with Gasteiger partial charge in [0.2, 0.25) is 5.88 Å². The third-order valence-corrected chi connectivity index (χ3v) is 7.22. The third-order valence-electron chi connectivity index (χ3n) is 7.22. The molecule has 1 aliphatic heterocycles. The molecule has 12 heteroatoms. The lowest BCUT2D eigenvalue weighted by molar-refractivity contribution is -0.286. The van der Waals surface area contributed by atoms with E-state index in [2.05, 4.69) is 25.7 Å². The number of hydrogen-bond acceptors (Lipinski definition) is 9. The summed E-state index contributed by atoms with van der Waals surface area (Å²) in [6.07, 6.45) is 2.32. The Morgan fingerprint density at radius 3 is 2.44 bits per heavy atom. The van der Waals surface area contributed by atoms with Crippen molar-refractivity contribution in [2.24, 2.45) is 0 Å². The van der Waals surface area contributed by atoms with Gasteiger partial charge in [0.15, 0.2) is 11.5 Å². The van der Waals surface area contributed by atoms with E-state index >= 15 is 0 Å². The summed E-state index contributed by atoms with van der Waals surface area (Å²) >= 11 is 0. The van der Waals surface area contributed by atoms with Crippen LogP contribution in [0.2, 0.25) is 0 Å². The number of carbonyl (C=O) groups excluding carboxylic acids is 2. The van der Waals surface area contributed by atoms with E-state index in [1.54, 1.807) is 36.4 Å². The number of pyridine rings is 1. The lowest BCUT2D eigenvalue weighted by Gasteiger charge is -2.16. The van der Waals surface area contributed by atoms with Crippen LogP contribution in [0.5, 0.6) is 17.4 Å². The van der Waals surface area contributed by atoms with Crippen molar-refractivity contribution >= 4 is 11.9 Å². The van der Waals surface area contributed by atoms with Gasteiger partial charge in [-0.1, -0.05) is 30.2 Å². The van der Waals surface area contributed by atoms with Crippen LogP contribution in [0, 0.1) is 19.3 Å². The Kier molecular flexibility index (Phi) is 9.93. The molecule has 1 aliphatic carbocycles. The monoisotopic (exact) mass is 622 g/mol. The molecule has 10 nitrogen and oxygen atoms in total. The number of aromatic nitrogens is 1. The van der Waals surface area contributed by atoms with Gasteiger partial charge in [-0.25, -0.2) is 4.98 Å². The molecule has 1 fully saturated rings. The zero-order chi connectivity index (χ0) is 31.9. The number of nitrogens with one attached hydrogen (secondary N) is 1. The number of esters is 1. The Balaban J connectivity index is 1.15. The Morgan fingerprint density at radius 2 is 1.69 bits per heavy atom. The molecular formula is C33H32F2N2O8. The molecule has 0 bridgehead atoms. The molecule has 5 rings (SSSR count). The topological polar surface area (TPSA) is 114 Å². The number of hydrogen-bond donors (Lipinski definition) is 1. The minimum atomic E-state index is -3.75. The Morgan fingerprint density at radius 1 is 0.956 bits per heavy atom. The molecule has 236 valence electrons. The molecule has 1 saturated carbocycles. The minimum Gasteiger partial charge on any atom is -0.407 e. The molecule has 2 aromatic carbocycles. The van der Waals surface area contributed by atoms with Crippen LogP contribution in [0.3, 0.4) is 0 Å². The van der Waals surface area contributed by atoms with E-state index in [1.807, 2.05) is 13.0 Å². The number of aryl methyl sites for hydroxylation is 1. The van der Waals surface area contributed by atoms with Gasteiger partial charge in [-0.2, -0.15) is 0 Å². The lowest BCUT2D eigenvalue weighted by atomic mass is 9.95. The normalized spacial score (nSPS) is 15.2. The summed E-state index contributed by atoms with van der Waals surface area (Å²) in [5.41, 5.74) is 1.95. The molecule has 1 aromatic heterocycles. The highest BCUT2D eigenvalue weighted by atomic mass is 19.3. The number of ether oxygens (including phenoxy) is 6. The summed E-state index contributed by atoms with van der Waals surface area (Å²) in [6, 6.07) is 14.6. The number of fused-ring (bicyclic) bond motifs is 1. The summed E-state index contributed by atoms with van der Waals surface area (Å²) in [4.78, 5) is 30.6. The second kappa shape index (κ2) is 14.0. The fourth-order valence-electron chi connectivity index (χ4n) is 4.75. The van der Waals surface area contributed by atoms with Crippen LogP contribution in [0.4, 0.5) is 8.78 Å². The summed E-state index contributed by atoms with van der Waals surface area (Å²) in [7, 11) is 0. The fourth-order valence-corrected chi connectivity index (χ4v) is 4.75. The van der Waals surface area contributed by atoms with E-state index in [9.17, 15) is 18.4 Å². The average molecular weight is 623 g/mol.